The maximum absolute atomic E-state index is 6.49. The maximum Gasteiger partial charge on any atom is 0.0850 e. The zero-order valence-electron chi connectivity index (χ0n) is 13.2. The fourth-order valence-corrected chi connectivity index (χ4v) is 2.77. The van der Waals surface area contributed by atoms with Crippen LogP contribution in [0.3, 0.4) is 0 Å². The maximum atomic E-state index is 6.49. The molecule has 0 radical (unpaired) electrons. The molecule has 1 N–H and O–H groups in total. The first-order valence-corrected chi connectivity index (χ1v) is 7.70. The van der Waals surface area contributed by atoms with E-state index in [4.69, 9.17) is 11.6 Å². The third-order valence-electron chi connectivity index (χ3n) is 4.29. The van der Waals surface area contributed by atoms with Crippen LogP contribution in [0.25, 0.3) is 0 Å². The highest BCUT2D eigenvalue weighted by atomic mass is 35.5. The number of halogens is 1. The van der Waals surface area contributed by atoms with Crippen LogP contribution in [-0.4, -0.2) is 22.9 Å². The Balaban J connectivity index is 3.06. The number of nitrogens with one attached hydrogen (secondary N) is 1. The van der Waals surface area contributed by atoms with E-state index in [2.05, 4.69) is 49.7 Å². The number of aromatic nitrogens is 2. The molecule has 0 aromatic carbocycles. The molecule has 0 saturated heterocycles. The molecule has 4 heteroatoms. The van der Waals surface area contributed by atoms with Crippen LogP contribution in [0.5, 0.6) is 0 Å². The second-order valence-corrected chi connectivity index (χ2v) is 6.14. The van der Waals surface area contributed by atoms with E-state index < -0.39 is 0 Å². The van der Waals surface area contributed by atoms with Gasteiger partial charge in [0.1, 0.15) is 0 Å². The fourth-order valence-electron chi connectivity index (χ4n) is 2.42. The fraction of sp³-hybridized carbons (Fsp3) is 0.800. The van der Waals surface area contributed by atoms with Crippen LogP contribution in [0, 0.1) is 5.41 Å². The molecule has 1 heterocycles. The summed E-state index contributed by atoms with van der Waals surface area (Å²) >= 11 is 6.49. The van der Waals surface area contributed by atoms with Crippen molar-refractivity contribution in [2.45, 2.75) is 66.5 Å². The molecule has 1 aromatic heterocycles. The van der Waals surface area contributed by atoms with Gasteiger partial charge in [-0.3, -0.25) is 4.68 Å². The molecular weight excluding hydrogens is 258 g/mol. The summed E-state index contributed by atoms with van der Waals surface area (Å²) in [6.07, 6.45) is 2.95. The first-order chi connectivity index (χ1) is 8.91. The van der Waals surface area contributed by atoms with Gasteiger partial charge in [0.05, 0.1) is 16.4 Å². The summed E-state index contributed by atoms with van der Waals surface area (Å²) in [7, 11) is 2.03. The lowest BCUT2D eigenvalue weighted by molar-refractivity contribution is 0.237. The minimum atomic E-state index is 0.243. The number of hydrogen-bond acceptors (Lipinski definition) is 2. The number of likely N-dealkylation sites (N-methyl/N-ethyl adjacent to an activating group) is 1. The van der Waals surface area contributed by atoms with Crippen molar-refractivity contribution in [2.24, 2.45) is 5.41 Å². The van der Waals surface area contributed by atoms with Crippen LogP contribution in [0.15, 0.2) is 0 Å². The summed E-state index contributed by atoms with van der Waals surface area (Å²) < 4.78 is 2.05. The molecule has 0 aliphatic rings. The van der Waals surface area contributed by atoms with Crippen LogP contribution in [0.2, 0.25) is 5.02 Å². The van der Waals surface area contributed by atoms with Gasteiger partial charge in [-0.05, 0) is 32.2 Å². The first kappa shape index (κ1) is 16.5. The Morgan fingerprint density at radius 3 is 2.37 bits per heavy atom. The smallest absolute Gasteiger partial charge is 0.0850 e. The van der Waals surface area contributed by atoms with E-state index in [0.717, 1.165) is 36.5 Å². The lowest BCUT2D eigenvalue weighted by atomic mass is 9.79. The minimum absolute atomic E-state index is 0.243. The van der Waals surface area contributed by atoms with Crippen molar-refractivity contribution in [1.82, 2.24) is 15.1 Å². The molecule has 0 spiro atoms. The van der Waals surface area contributed by atoms with Gasteiger partial charge in [0.15, 0.2) is 0 Å². The van der Waals surface area contributed by atoms with Crippen molar-refractivity contribution in [1.29, 1.82) is 0 Å². The predicted molar refractivity (Wildman–Crippen MR) is 82.9 cm³/mol. The minimum Gasteiger partial charge on any atom is -0.316 e. The second-order valence-electron chi connectivity index (χ2n) is 5.76. The summed E-state index contributed by atoms with van der Waals surface area (Å²) in [6, 6.07) is 0.404. The topological polar surface area (TPSA) is 29.9 Å². The quantitative estimate of drug-likeness (QED) is 0.828. The molecule has 19 heavy (non-hydrogen) atoms. The van der Waals surface area contributed by atoms with Gasteiger partial charge < -0.3 is 5.32 Å². The Morgan fingerprint density at radius 2 is 1.95 bits per heavy atom. The standard InChI is InChI=1S/C15H28ClN3/c1-7-11-14(16)12(19(9-3)18-11)10-13(17-6)15(4,5)8-2/h13,17H,7-10H2,1-6H3. The number of nitrogens with zero attached hydrogens (tertiary/aromatic N) is 2. The van der Waals surface area contributed by atoms with Crippen LogP contribution >= 0.6 is 11.6 Å². The summed E-state index contributed by atoms with van der Waals surface area (Å²) in [6.45, 7) is 11.9. The zero-order valence-corrected chi connectivity index (χ0v) is 13.9. The Kier molecular flexibility index (Phi) is 5.87. The molecule has 0 saturated carbocycles. The molecule has 0 bridgehead atoms. The van der Waals surface area contributed by atoms with E-state index in [1.807, 2.05) is 7.05 Å². The van der Waals surface area contributed by atoms with Crippen LogP contribution < -0.4 is 5.32 Å². The lowest BCUT2D eigenvalue weighted by Crippen LogP contribution is -2.41. The van der Waals surface area contributed by atoms with E-state index >= 15 is 0 Å². The molecule has 0 aliphatic carbocycles. The van der Waals surface area contributed by atoms with Gasteiger partial charge in [-0.25, -0.2) is 0 Å². The van der Waals surface area contributed by atoms with Crippen molar-refractivity contribution in [3.8, 4) is 0 Å². The Morgan fingerprint density at radius 1 is 1.32 bits per heavy atom. The Bertz CT molecular complexity index is 410. The predicted octanol–water partition coefficient (Wildman–Crippen LogP) is 3.69. The normalized spacial score (nSPS) is 13.8. The molecular formula is C15H28ClN3. The van der Waals surface area contributed by atoms with Crippen LogP contribution in [-0.2, 0) is 19.4 Å². The average Bonchev–Trinajstić information content (AvgIpc) is 2.71. The van der Waals surface area contributed by atoms with E-state index in [-0.39, 0.29) is 5.41 Å². The van der Waals surface area contributed by atoms with E-state index in [0.29, 0.717) is 6.04 Å². The van der Waals surface area contributed by atoms with E-state index in [1.165, 1.54) is 5.69 Å². The molecule has 0 amide bonds. The molecule has 1 atom stereocenters. The monoisotopic (exact) mass is 285 g/mol. The van der Waals surface area contributed by atoms with Gasteiger partial charge >= 0.3 is 0 Å². The highest BCUT2D eigenvalue weighted by Gasteiger charge is 2.29. The number of rotatable bonds is 7. The third kappa shape index (κ3) is 3.51. The summed E-state index contributed by atoms with van der Waals surface area (Å²) in [5.41, 5.74) is 2.43. The SMILES string of the molecule is CCc1nn(CC)c(CC(NC)C(C)(C)CC)c1Cl. The Hall–Kier alpha value is -0.540. The molecule has 0 aliphatic heterocycles. The van der Waals surface area contributed by atoms with Crippen molar-refractivity contribution >= 4 is 11.6 Å². The summed E-state index contributed by atoms with van der Waals surface area (Å²) in [5, 5.41) is 8.90. The van der Waals surface area contributed by atoms with Gasteiger partial charge in [-0.15, -0.1) is 0 Å². The number of hydrogen-bond donors (Lipinski definition) is 1. The molecule has 3 nitrogen and oxygen atoms in total. The van der Waals surface area contributed by atoms with Crippen LogP contribution in [0.4, 0.5) is 0 Å². The van der Waals surface area contributed by atoms with Crippen molar-refractivity contribution < 1.29 is 0 Å². The van der Waals surface area contributed by atoms with Gasteiger partial charge in [0.2, 0.25) is 0 Å². The zero-order chi connectivity index (χ0) is 14.6. The highest BCUT2D eigenvalue weighted by molar-refractivity contribution is 6.31. The molecule has 1 aromatic rings. The van der Waals surface area contributed by atoms with Crippen molar-refractivity contribution in [2.75, 3.05) is 7.05 Å². The third-order valence-corrected chi connectivity index (χ3v) is 4.73. The molecule has 1 unspecified atom stereocenters. The summed E-state index contributed by atoms with van der Waals surface area (Å²) in [5.74, 6) is 0. The van der Waals surface area contributed by atoms with Gasteiger partial charge in [-0.1, -0.05) is 39.3 Å². The largest absolute Gasteiger partial charge is 0.316 e. The average molecular weight is 286 g/mol. The lowest BCUT2D eigenvalue weighted by Gasteiger charge is -2.33. The van der Waals surface area contributed by atoms with Gasteiger partial charge in [0, 0.05) is 19.0 Å². The second kappa shape index (κ2) is 6.76. The van der Waals surface area contributed by atoms with Crippen molar-refractivity contribution in [3.05, 3.63) is 16.4 Å². The van der Waals surface area contributed by atoms with Gasteiger partial charge in [0.25, 0.3) is 0 Å². The molecule has 1 rings (SSSR count). The van der Waals surface area contributed by atoms with E-state index in [1.54, 1.807) is 0 Å². The van der Waals surface area contributed by atoms with Crippen molar-refractivity contribution in [3.63, 3.8) is 0 Å². The summed E-state index contributed by atoms with van der Waals surface area (Å²) in [4.78, 5) is 0. The highest BCUT2D eigenvalue weighted by Crippen LogP contribution is 2.30. The number of aryl methyl sites for hydroxylation is 2. The van der Waals surface area contributed by atoms with Crippen LogP contribution in [0.1, 0.15) is 52.4 Å². The molecule has 0 fully saturated rings. The first-order valence-electron chi connectivity index (χ1n) is 7.32. The van der Waals surface area contributed by atoms with Gasteiger partial charge in [-0.2, -0.15) is 5.10 Å². The van der Waals surface area contributed by atoms with E-state index in [9.17, 15) is 0 Å². The Labute approximate surface area is 122 Å². The molecule has 110 valence electrons.